The molecule has 0 aliphatic rings. The summed E-state index contributed by atoms with van der Waals surface area (Å²) >= 11 is 3.39. The maximum Gasteiger partial charge on any atom is 0.328 e. The van der Waals surface area contributed by atoms with Gasteiger partial charge in [-0.3, -0.25) is 9.59 Å². The lowest BCUT2D eigenvalue weighted by Gasteiger charge is -2.19. The SMILES string of the molecule is CCOC(=O)[C@@H](Cc1ccccc1)NC(=O)/C(=C/c1ccc(Br)cc1)NC(=O)c1ccccc1. The summed E-state index contributed by atoms with van der Waals surface area (Å²) in [7, 11) is 0. The van der Waals surface area contributed by atoms with Gasteiger partial charge in [-0.05, 0) is 48.4 Å². The monoisotopic (exact) mass is 520 g/mol. The maximum atomic E-state index is 13.3. The quantitative estimate of drug-likeness (QED) is 0.321. The van der Waals surface area contributed by atoms with Gasteiger partial charge in [0.1, 0.15) is 11.7 Å². The minimum Gasteiger partial charge on any atom is -0.464 e. The second-order valence-electron chi connectivity index (χ2n) is 7.40. The molecule has 174 valence electrons. The highest BCUT2D eigenvalue weighted by atomic mass is 79.9. The lowest BCUT2D eigenvalue weighted by atomic mass is 10.1. The van der Waals surface area contributed by atoms with Crippen molar-refractivity contribution in [2.45, 2.75) is 19.4 Å². The molecule has 0 heterocycles. The van der Waals surface area contributed by atoms with Gasteiger partial charge in [-0.25, -0.2) is 4.79 Å². The molecule has 1 atom stereocenters. The fourth-order valence-electron chi connectivity index (χ4n) is 3.19. The molecule has 0 spiro atoms. The van der Waals surface area contributed by atoms with Crippen molar-refractivity contribution in [3.8, 4) is 0 Å². The molecule has 6 nitrogen and oxygen atoms in total. The van der Waals surface area contributed by atoms with Crippen molar-refractivity contribution < 1.29 is 19.1 Å². The first kappa shape index (κ1) is 24.9. The van der Waals surface area contributed by atoms with Crippen molar-refractivity contribution in [3.63, 3.8) is 0 Å². The number of esters is 1. The van der Waals surface area contributed by atoms with Gasteiger partial charge in [-0.1, -0.05) is 76.6 Å². The Morgan fingerprint density at radius 1 is 0.912 bits per heavy atom. The fourth-order valence-corrected chi connectivity index (χ4v) is 3.45. The third-order valence-electron chi connectivity index (χ3n) is 4.87. The summed E-state index contributed by atoms with van der Waals surface area (Å²) in [6.07, 6.45) is 1.82. The largest absolute Gasteiger partial charge is 0.464 e. The Bertz CT molecular complexity index is 1150. The average Bonchev–Trinajstić information content (AvgIpc) is 2.85. The van der Waals surface area contributed by atoms with Gasteiger partial charge in [0.05, 0.1) is 6.61 Å². The molecule has 0 saturated carbocycles. The van der Waals surface area contributed by atoms with Crippen LogP contribution < -0.4 is 10.6 Å². The van der Waals surface area contributed by atoms with Crippen LogP contribution in [0.4, 0.5) is 0 Å². The Labute approximate surface area is 207 Å². The van der Waals surface area contributed by atoms with Crippen LogP contribution in [0.15, 0.2) is 95.1 Å². The average molecular weight is 521 g/mol. The minimum atomic E-state index is -0.920. The summed E-state index contributed by atoms with van der Waals surface area (Å²) in [5.41, 5.74) is 1.99. The van der Waals surface area contributed by atoms with E-state index in [2.05, 4.69) is 26.6 Å². The summed E-state index contributed by atoms with van der Waals surface area (Å²) in [6.45, 7) is 1.89. The molecule has 3 aromatic rings. The molecule has 0 unspecified atom stereocenters. The highest BCUT2D eigenvalue weighted by Gasteiger charge is 2.25. The van der Waals surface area contributed by atoms with Crippen LogP contribution in [0.1, 0.15) is 28.4 Å². The van der Waals surface area contributed by atoms with Crippen molar-refractivity contribution >= 4 is 39.8 Å². The van der Waals surface area contributed by atoms with Crippen molar-refractivity contribution in [1.29, 1.82) is 0 Å². The molecule has 3 aromatic carbocycles. The minimum absolute atomic E-state index is 0.0125. The number of carbonyl (C=O) groups excluding carboxylic acids is 3. The molecular formula is C27H25BrN2O4. The second kappa shape index (κ2) is 12.5. The van der Waals surface area contributed by atoms with Gasteiger partial charge in [0.2, 0.25) is 0 Å². The van der Waals surface area contributed by atoms with E-state index in [1.807, 2.05) is 42.5 Å². The molecule has 0 radical (unpaired) electrons. The van der Waals surface area contributed by atoms with Crippen molar-refractivity contribution in [1.82, 2.24) is 10.6 Å². The standard InChI is InChI=1S/C27H25BrN2O4/c1-2-34-27(33)24(18-19-9-5-3-6-10-19)30-26(32)23(17-20-13-15-22(28)16-14-20)29-25(31)21-11-7-4-8-12-21/h3-17,24H,2,18H2,1H3,(H,29,31)(H,30,32)/b23-17-/t24-/m1/s1. The zero-order valence-electron chi connectivity index (χ0n) is 18.7. The van der Waals surface area contributed by atoms with Gasteiger partial charge >= 0.3 is 5.97 Å². The van der Waals surface area contributed by atoms with Crippen molar-refractivity contribution in [2.24, 2.45) is 0 Å². The maximum absolute atomic E-state index is 13.3. The molecule has 0 aliphatic carbocycles. The molecule has 7 heteroatoms. The van der Waals surface area contributed by atoms with Gasteiger partial charge < -0.3 is 15.4 Å². The lowest BCUT2D eigenvalue weighted by Crippen LogP contribution is -2.46. The molecule has 34 heavy (non-hydrogen) atoms. The van der Waals surface area contributed by atoms with E-state index in [0.717, 1.165) is 10.0 Å². The second-order valence-corrected chi connectivity index (χ2v) is 8.31. The van der Waals surface area contributed by atoms with E-state index < -0.39 is 23.8 Å². The van der Waals surface area contributed by atoms with E-state index in [1.54, 1.807) is 55.5 Å². The van der Waals surface area contributed by atoms with E-state index in [-0.39, 0.29) is 18.7 Å². The van der Waals surface area contributed by atoms with Crippen LogP contribution in [0.5, 0.6) is 0 Å². The molecule has 0 aromatic heterocycles. The van der Waals surface area contributed by atoms with Gasteiger partial charge in [-0.2, -0.15) is 0 Å². The molecule has 0 fully saturated rings. The highest BCUT2D eigenvalue weighted by Crippen LogP contribution is 2.14. The number of nitrogens with one attached hydrogen (secondary N) is 2. The number of hydrogen-bond acceptors (Lipinski definition) is 4. The predicted molar refractivity (Wildman–Crippen MR) is 135 cm³/mol. The third kappa shape index (κ3) is 7.42. The van der Waals surface area contributed by atoms with Gasteiger partial charge in [0.25, 0.3) is 11.8 Å². The van der Waals surface area contributed by atoms with Gasteiger partial charge in [0, 0.05) is 16.5 Å². The summed E-state index contributed by atoms with van der Waals surface area (Å²) in [6, 6.07) is 24.3. The van der Waals surface area contributed by atoms with Crippen LogP contribution in [-0.4, -0.2) is 30.4 Å². The summed E-state index contributed by atoms with van der Waals surface area (Å²) in [4.78, 5) is 38.7. The van der Waals surface area contributed by atoms with Crippen molar-refractivity contribution in [2.75, 3.05) is 6.61 Å². The normalized spacial score (nSPS) is 11.9. The van der Waals surface area contributed by atoms with E-state index in [9.17, 15) is 14.4 Å². The third-order valence-corrected chi connectivity index (χ3v) is 5.40. The number of carbonyl (C=O) groups is 3. The Balaban J connectivity index is 1.87. The topological polar surface area (TPSA) is 84.5 Å². The number of benzene rings is 3. The molecule has 2 amide bonds. The zero-order valence-corrected chi connectivity index (χ0v) is 20.2. The highest BCUT2D eigenvalue weighted by molar-refractivity contribution is 9.10. The van der Waals surface area contributed by atoms with Crippen LogP contribution in [0.3, 0.4) is 0 Å². The fraction of sp³-hybridized carbons (Fsp3) is 0.148. The first-order valence-corrected chi connectivity index (χ1v) is 11.6. The zero-order chi connectivity index (χ0) is 24.3. The number of ether oxygens (including phenoxy) is 1. The van der Waals surface area contributed by atoms with Crippen molar-refractivity contribution in [3.05, 3.63) is 112 Å². The molecule has 2 N–H and O–H groups in total. The van der Waals surface area contributed by atoms with E-state index in [1.165, 1.54) is 0 Å². The van der Waals surface area contributed by atoms with Crippen LogP contribution in [0.25, 0.3) is 6.08 Å². The number of halogens is 1. The molecule has 0 bridgehead atoms. The predicted octanol–water partition coefficient (Wildman–Crippen LogP) is 4.51. The first-order chi connectivity index (χ1) is 16.5. The summed E-state index contributed by atoms with van der Waals surface area (Å²) in [5, 5.41) is 5.42. The Morgan fingerprint density at radius 2 is 1.53 bits per heavy atom. The summed E-state index contributed by atoms with van der Waals surface area (Å²) in [5.74, 6) is -1.58. The van der Waals surface area contributed by atoms with Crippen LogP contribution in [0.2, 0.25) is 0 Å². The molecule has 0 saturated heterocycles. The number of amides is 2. The molecule has 3 rings (SSSR count). The first-order valence-electron chi connectivity index (χ1n) is 10.8. The Hall–Kier alpha value is -3.71. The van der Waals surface area contributed by atoms with Crippen LogP contribution in [-0.2, 0) is 20.7 Å². The van der Waals surface area contributed by atoms with Crippen LogP contribution in [0, 0.1) is 0 Å². The Morgan fingerprint density at radius 3 is 2.15 bits per heavy atom. The van der Waals surface area contributed by atoms with Gasteiger partial charge in [-0.15, -0.1) is 0 Å². The van der Waals surface area contributed by atoms with Crippen LogP contribution >= 0.6 is 15.9 Å². The van der Waals surface area contributed by atoms with E-state index >= 15 is 0 Å². The van der Waals surface area contributed by atoms with E-state index in [4.69, 9.17) is 4.74 Å². The molecule has 0 aliphatic heterocycles. The lowest BCUT2D eigenvalue weighted by molar-refractivity contribution is -0.147. The summed E-state index contributed by atoms with van der Waals surface area (Å²) < 4.78 is 6.06. The number of hydrogen-bond donors (Lipinski definition) is 2. The smallest absolute Gasteiger partial charge is 0.328 e. The number of rotatable bonds is 9. The van der Waals surface area contributed by atoms with E-state index in [0.29, 0.717) is 11.1 Å². The Kier molecular flexibility index (Phi) is 9.17. The van der Waals surface area contributed by atoms with Gasteiger partial charge in [0.15, 0.2) is 0 Å². The molecular weight excluding hydrogens is 496 g/mol.